The molecule has 0 aromatic heterocycles. The lowest BCUT2D eigenvalue weighted by Crippen LogP contribution is -2.40. The molecule has 27 nitrogen and oxygen atoms in total. The minimum Gasteiger partial charge on any atom is -0.465 e. The first-order chi connectivity index (χ1) is 43.0. The van der Waals surface area contributed by atoms with Crippen molar-refractivity contribution in [2.45, 2.75) is 163 Å². The SMILES string of the molecule is CC(CP(=O)(Oc1ccccc1)Oc1ccc([N+](=O)[O-])cc1)C(=O)OCC(C)(C)C.CC(N)C(=O)OCC(C)(C)C.CC1(C)O[C@@H]2[C@H](O1)C(CO)O[C@H]2N1C=CCC(C(N)=O)=C1.CC1(C)O[C@@H]2[C@H](O1)C(CO[P+](=O)Oc1ccccc1)O[C@H]2N1C=CCC(C(N)=O)=C1. The summed E-state index contributed by atoms with van der Waals surface area (Å²) in [6.45, 7) is 22.8. The first-order valence-corrected chi connectivity index (χ1v) is 32.6. The minimum absolute atomic E-state index is 0.0108. The van der Waals surface area contributed by atoms with Crippen molar-refractivity contribution < 1.29 is 94.3 Å². The van der Waals surface area contributed by atoms with Gasteiger partial charge in [-0.3, -0.25) is 29.3 Å². The first-order valence-electron chi connectivity index (χ1n) is 29.8. The normalized spacial score (nSPS) is 24.7. The fraction of sp³-hybridized carbons (Fsp3) is 0.524. The van der Waals surface area contributed by atoms with Crippen LogP contribution in [-0.4, -0.2) is 143 Å². The molecule has 4 fully saturated rings. The van der Waals surface area contributed by atoms with Crippen LogP contribution in [0.15, 0.2) is 133 Å². The zero-order chi connectivity index (χ0) is 67.9. The van der Waals surface area contributed by atoms with E-state index in [2.05, 4.69) is 0 Å². The Labute approximate surface area is 537 Å². The fourth-order valence-corrected chi connectivity index (χ4v) is 11.9. The number of esters is 2. The van der Waals surface area contributed by atoms with Crippen LogP contribution in [0.5, 0.6) is 17.2 Å². The molecular formula is C63H87N6O21P2+. The summed E-state index contributed by atoms with van der Waals surface area (Å²) in [4.78, 5) is 59.9. The van der Waals surface area contributed by atoms with Crippen molar-refractivity contribution in [3.8, 4) is 17.2 Å². The monoisotopic (exact) mass is 1330 g/mol. The number of carbonyl (C=O) groups excluding carboxylic acids is 4. The summed E-state index contributed by atoms with van der Waals surface area (Å²) in [6.07, 6.45) is 7.79. The molecule has 3 aromatic rings. The van der Waals surface area contributed by atoms with Crippen molar-refractivity contribution >= 4 is 45.3 Å². The van der Waals surface area contributed by atoms with Crippen LogP contribution in [0.1, 0.15) is 95.9 Å². The average Bonchev–Trinajstić information content (AvgIpc) is 1.61. The van der Waals surface area contributed by atoms with Gasteiger partial charge in [-0.1, -0.05) is 97.0 Å². The lowest BCUT2D eigenvalue weighted by Gasteiger charge is -2.31. The Morgan fingerprint density at radius 2 is 1.11 bits per heavy atom. The van der Waals surface area contributed by atoms with Gasteiger partial charge < -0.3 is 79.0 Å². The molecule has 7 N–H and O–H groups in total. The van der Waals surface area contributed by atoms with E-state index in [4.69, 9.17) is 73.2 Å². The third-order valence-electron chi connectivity index (χ3n) is 13.6. The van der Waals surface area contributed by atoms with Crippen molar-refractivity contribution in [2.24, 2.45) is 33.9 Å². The number of fused-ring (bicyclic) bond motifs is 2. The Morgan fingerprint density at radius 1 is 0.685 bits per heavy atom. The van der Waals surface area contributed by atoms with Crippen LogP contribution in [0.2, 0.25) is 0 Å². The van der Waals surface area contributed by atoms with Crippen molar-refractivity contribution in [2.75, 3.05) is 32.6 Å². The number of ether oxygens (including phenoxy) is 8. The fourth-order valence-electron chi connectivity index (χ4n) is 9.39. The number of aliphatic hydroxyl groups is 1. The van der Waals surface area contributed by atoms with Gasteiger partial charge in [0.05, 0.1) is 36.8 Å². The maximum atomic E-state index is 13.5. The molecule has 0 saturated carbocycles. The predicted octanol–water partition coefficient (Wildman–Crippen LogP) is 8.78. The summed E-state index contributed by atoms with van der Waals surface area (Å²) in [5.74, 6) is -3.17. The highest BCUT2D eigenvalue weighted by Crippen LogP contribution is 2.51. The van der Waals surface area contributed by atoms with E-state index in [-0.39, 0.29) is 66.4 Å². The summed E-state index contributed by atoms with van der Waals surface area (Å²) in [5.41, 5.74) is 16.7. The number of nitrogens with two attached hydrogens (primary N) is 3. The highest BCUT2D eigenvalue weighted by atomic mass is 31.2. The largest absolute Gasteiger partial charge is 0.750 e. The van der Waals surface area contributed by atoms with Crippen LogP contribution < -0.4 is 30.8 Å². The van der Waals surface area contributed by atoms with Crippen LogP contribution in [0.3, 0.4) is 0 Å². The first kappa shape index (κ1) is 73.9. The van der Waals surface area contributed by atoms with Gasteiger partial charge in [0.15, 0.2) is 29.8 Å². The van der Waals surface area contributed by atoms with E-state index in [9.17, 15) is 43.5 Å². The number of primary amides is 2. The van der Waals surface area contributed by atoms with Gasteiger partial charge in [-0.25, -0.2) is 9.09 Å². The second kappa shape index (κ2) is 32.1. The lowest BCUT2D eigenvalue weighted by atomic mass is 9.99. The van der Waals surface area contributed by atoms with Crippen LogP contribution in [0.4, 0.5) is 5.69 Å². The third kappa shape index (κ3) is 22.6. The number of hydrogen-bond acceptors (Lipinski definition) is 24. The number of aliphatic hydroxyl groups excluding tert-OH is 1. The Bertz CT molecular complexity index is 3190. The summed E-state index contributed by atoms with van der Waals surface area (Å²) in [6, 6.07) is 21.9. The second-order valence-electron chi connectivity index (χ2n) is 25.5. The van der Waals surface area contributed by atoms with Crippen LogP contribution in [0.25, 0.3) is 0 Å². The highest BCUT2D eigenvalue weighted by Gasteiger charge is 2.58. The molecule has 6 aliphatic heterocycles. The number of nitro groups is 1. The van der Waals surface area contributed by atoms with Gasteiger partial charge in [-0.05, 0) is 94.7 Å². The van der Waals surface area contributed by atoms with Gasteiger partial charge in [0.2, 0.25) is 11.8 Å². The van der Waals surface area contributed by atoms with Gasteiger partial charge in [-0.2, -0.15) is 0 Å². The van der Waals surface area contributed by atoms with E-state index in [0.717, 1.165) is 0 Å². The molecule has 12 atom stereocenters. The maximum Gasteiger partial charge on any atom is 0.750 e. The molecular weight excluding hydrogens is 1240 g/mol. The summed E-state index contributed by atoms with van der Waals surface area (Å²) in [5, 5.41) is 20.3. The number of non-ortho nitro benzene ring substituents is 1. The molecule has 92 heavy (non-hydrogen) atoms. The molecule has 0 bridgehead atoms. The molecule has 29 heteroatoms. The summed E-state index contributed by atoms with van der Waals surface area (Å²) >= 11 is 0. The number of carbonyl (C=O) groups is 4. The predicted molar refractivity (Wildman–Crippen MR) is 335 cm³/mol. The minimum atomic E-state index is -3.85. The van der Waals surface area contributed by atoms with Gasteiger partial charge in [0.1, 0.15) is 60.8 Å². The number of benzene rings is 3. The Kier molecular flexibility index (Phi) is 25.8. The number of nitro benzene ring substituents is 1. The van der Waals surface area contributed by atoms with Gasteiger partial charge in [0.25, 0.3) is 5.69 Å². The van der Waals surface area contributed by atoms with Crippen molar-refractivity contribution in [3.05, 3.63) is 143 Å². The number of para-hydroxylation sites is 2. The van der Waals surface area contributed by atoms with Crippen LogP contribution in [0, 0.1) is 26.9 Å². The molecule has 0 spiro atoms. The van der Waals surface area contributed by atoms with Crippen LogP contribution >= 0.6 is 15.9 Å². The number of rotatable bonds is 21. The van der Waals surface area contributed by atoms with E-state index >= 15 is 0 Å². The average molecular weight is 1330 g/mol. The number of nitrogens with zero attached hydrogens (tertiary/aromatic N) is 3. The maximum absolute atomic E-state index is 13.5. The zero-order valence-corrected chi connectivity index (χ0v) is 55.6. The molecule has 0 radical (unpaired) electrons. The molecule has 504 valence electrons. The molecule has 6 unspecified atom stereocenters. The summed E-state index contributed by atoms with van der Waals surface area (Å²) in [7, 11) is -6.23. The third-order valence-corrected chi connectivity index (χ3v) is 16.3. The Morgan fingerprint density at radius 3 is 1.54 bits per heavy atom. The summed E-state index contributed by atoms with van der Waals surface area (Å²) < 4.78 is 93.5. The van der Waals surface area contributed by atoms with E-state index in [1.54, 1.807) is 90.6 Å². The molecule has 4 saturated heterocycles. The number of allylic oxidation sites excluding steroid dienone is 2. The standard InChI is InChI=1S/C21H26NO7P.C20H23N2O7P.C14H20N2O5.C8H17NO2/c1-16(20(23)27-15-21(2,3)4)14-30(26,28-18-8-6-5-7-9-18)29-19-12-10-17(11-13-19)22(24)25;1-20(2)27-16-15(12-25-30(24)29-14-8-4-3-5-9-14)26-19(17(16)28-20)22-10-6-7-13(11-22)18(21)23;1-14(2)20-10-9(7-17)19-13(11(10)21-14)16-5-3-4-8(6-16)12(15)18;1-6(9)7(10)11-5-8(2,3)4/h5-13,16H,14-15H2,1-4H3;3-6,8-11,15-17,19H,7,12H2,1-2H3,(H-,21,23);3,5-6,9-11,13,17H,4,7H2,1-2H3,(H2,15,18);6H,5,9H2,1-4H3/p+1/t;15?,16-,17-,19-;9?,10-,11-,13-;/m.11./s1. The van der Waals surface area contributed by atoms with Gasteiger partial charge in [0, 0.05) is 52.6 Å². The molecule has 9 rings (SSSR count). The van der Waals surface area contributed by atoms with Crippen LogP contribution in [-0.2, 0) is 70.7 Å². The molecule has 0 aliphatic carbocycles. The topological polar surface area (TPSA) is 361 Å². The van der Waals surface area contributed by atoms with Crippen molar-refractivity contribution in [1.82, 2.24) is 9.80 Å². The molecule has 2 amide bonds. The smallest absolute Gasteiger partial charge is 0.465 e. The number of amides is 2. The lowest BCUT2D eigenvalue weighted by molar-refractivity contribution is -0.384. The van der Waals surface area contributed by atoms with Gasteiger partial charge >= 0.3 is 27.8 Å². The zero-order valence-electron chi connectivity index (χ0n) is 53.9. The Hall–Kier alpha value is -7.13. The quantitative estimate of drug-likeness (QED) is 0.0335. The highest BCUT2D eigenvalue weighted by molar-refractivity contribution is 7.54. The van der Waals surface area contributed by atoms with Gasteiger partial charge in [-0.15, -0.1) is 4.52 Å². The van der Waals surface area contributed by atoms with E-state index in [0.29, 0.717) is 42.1 Å². The van der Waals surface area contributed by atoms with E-state index in [1.807, 2.05) is 99.9 Å². The Balaban J connectivity index is 0.000000205. The molecule has 6 heterocycles. The van der Waals surface area contributed by atoms with E-state index < -0.39 is 99.0 Å². The molecule has 6 aliphatic rings. The van der Waals surface area contributed by atoms with E-state index in [1.165, 1.54) is 24.3 Å². The van der Waals surface area contributed by atoms with Crippen molar-refractivity contribution in [1.29, 1.82) is 0 Å². The number of hydrogen-bond donors (Lipinski definition) is 4. The molecule has 3 aromatic carbocycles. The second-order valence-corrected chi connectivity index (χ2v) is 28.4. The van der Waals surface area contributed by atoms with Crippen molar-refractivity contribution in [3.63, 3.8) is 0 Å².